The van der Waals surface area contributed by atoms with Gasteiger partial charge in [0.25, 0.3) is 0 Å². The molecule has 138 valence electrons. The third kappa shape index (κ3) is 2.94. The molecule has 1 N–H and O–H groups in total. The average Bonchev–Trinajstić information content (AvgIpc) is 2.93. The van der Waals surface area contributed by atoms with Crippen molar-refractivity contribution in [2.24, 2.45) is 16.7 Å². The molecule has 2 bridgehead atoms. The van der Waals surface area contributed by atoms with Crippen molar-refractivity contribution in [3.8, 4) is 0 Å². The van der Waals surface area contributed by atoms with Crippen LogP contribution in [-0.4, -0.2) is 41.9 Å². The lowest BCUT2D eigenvalue weighted by atomic mass is 9.70. The molecule has 2 fully saturated rings. The topological polar surface area (TPSA) is 32.7 Å². The molecule has 0 amide bonds. The zero-order chi connectivity index (χ0) is 17.7. The number of benzene rings is 1. The fourth-order valence-corrected chi connectivity index (χ4v) is 5.67. The summed E-state index contributed by atoms with van der Waals surface area (Å²) in [6.07, 6.45) is 4.80. The van der Waals surface area contributed by atoms with Crippen LogP contribution in [0.1, 0.15) is 51.2 Å². The van der Waals surface area contributed by atoms with Gasteiger partial charge in [-0.1, -0.05) is 45.0 Å². The van der Waals surface area contributed by atoms with Crippen LogP contribution in [0.2, 0.25) is 0 Å². The molecule has 2 aliphatic carbocycles. The quantitative estimate of drug-likeness (QED) is 0.886. The first kappa shape index (κ1) is 17.5. The molecule has 3 nitrogen and oxygen atoms in total. The standard InChI is InChI=1S/C22H33NO2/c1-21(2)18-8-10-22(21,3)20(12-18)25-15-19(24)14-23-11-9-16-6-4-5-7-17(16)13-23/h4-7,18-20,24H,8-15H2,1-3H3/t18-,19+,20-,22-/m0/s1. The summed E-state index contributed by atoms with van der Waals surface area (Å²) in [7, 11) is 0. The van der Waals surface area contributed by atoms with Gasteiger partial charge in [-0.05, 0) is 53.6 Å². The summed E-state index contributed by atoms with van der Waals surface area (Å²) < 4.78 is 6.27. The van der Waals surface area contributed by atoms with Crippen molar-refractivity contribution in [1.82, 2.24) is 4.90 Å². The highest BCUT2D eigenvalue weighted by Gasteiger charge is 2.61. The number of ether oxygens (including phenoxy) is 1. The zero-order valence-corrected chi connectivity index (χ0v) is 16.0. The lowest BCUT2D eigenvalue weighted by Gasteiger charge is -2.39. The van der Waals surface area contributed by atoms with Crippen LogP contribution in [0.3, 0.4) is 0 Å². The molecule has 0 spiro atoms. The summed E-state index contributed by atoms with van der Waals surface area (Å²) in [5.41, 5.74) is 3.52. The van der Waals surface area contributed by atoms with E-state index in [9.17, 15) is 5.11 Å². The maximum absolute atomic E-state index is 10.5. The lowest BCUT2D eigenvalue weighted by Crippen LogP contribution is -2.41. The minimum absolute atomic E-state index is 0.279. The molecule has 25 heavy (non-hydrogen) atoms. The van der Waals surface area contributed by atoms with Crippen LogP contribution in [0.15, 0.2) is 24.3 Å². The number of β-amino-alcohol motifs (C(OH)–C–C–N with tert-alkyl or cyclic N) is 1. The van der Waals surface area contributed by atoms with Crippen molar-refractivity contribution in [2.75, 3.05) is 19.7 Å². The first-order valence-corrected chi connectivity index (χ1v) is 9.99. The summed E-state index contributed by atoms with van der Waals surface area (Å²) in [5, 5.41) is 10.5. The number of nitrogens with zero attached hydrogens (tertiary/aromatic N) is 1. The fraction of sp³-hybridized carbons (Fsp3) is 0.727. The van der Waals surface area contributed by atoms with Crippen LogP contribution in [0.25, 0.3) is 0 Å². The van der Waals surface area contributed by atoms with Gasteiger partial charge in [-0.15, -0.1) is 0 Å². The first-order chi connectivity index (χ1) is 11.9. The van der Waals surface area contributed by atoms with Crippen molar-refractivity contribution in [1.29, 1.82) is 0 Å². The molecule has 1 aliphatic heterocycles. The van der Waals surface area contributed by atoms with E-state index in [4.69, 9.17) is 4.74 Å². The van der Waals surface area contributed by atoms with Crippen LogP contribution < -0.4 is 0 Å². The molecular weight excluding hydrogens is 310 g/mol. The lowest BCUT2D eigenvalue weighted by molar-refractivity contribution is -0.0798. The van der Waals surface area contributed by atoms with E-state index < -0.39 is 6.10 Å². The number of aliphatic hydroxyl groups excluding tert-OH is 1. The number of hydrogen-bond donors (Lipinski definition) is 1. The summed E-state index contributed by atoms with van der Waals surface area (Å²) in [6, 6.07) is 8.67. The van der Waals surface area contributed by atoms with Gasteiger partial charge in [-0.2, -0.15) is 0 Å². The Hall–Kier alpha value is -0.900. The first-order valence-electron chi connectivity index (χ1n) is 9.99. The van der Waals surface area contributed by atoms with Crippen molar-refractivity contribution in [2.45, 2.75) is 65.2 Å². The molecular formula is C22H33NO2. The Balaban J connectivity index is 1.29. The molecule has 1 aromatic rings. The van der Waals surface area contributed by atoms with E-state index in [0.717, 1.165) is 25.4 Å². The fourth-order valence-electron chi connectivity index (χ4n) is 5.67. The van der Waals surface area contributed by atoms with E-state index in [0.29, 0.717) is 24.7 Å². The molecule has 0 unspecified atom stereocenters. The highest BCUT2D eigenvalue weighted by atomic mass is 16.5. The normalized spacial score (nSPS) is 34.9. The van der Waals surface area contributed by atoms with Crippen LogP contribution in [-0.2, 0) is 17.7 Å². The third-order valence-corrected chi connectivity index (χ3v) is 7.88. The monoisotopic (exact) mass is 343 g/mol. The maximum Gasteiger partial charge on any atom is 0.0900 e. The van der Waals surface area contributed by atoms with Crippen molar-refractivity contribution >= 4 is 0 Å². The van der Waals surface area contributed by atoms with Crippen molar-refractivity contribution < 1.29 is 9.84 Å². The van der Waals surface area contributed by atoms with Crippen LogP contribution in [0.5, 0.6) is 0 Å². The Morgan fingerprint density at radius 2 is 2.00 bits per heavy atom. The van der Waals surface area contributed by atoms with Gasteiger partial charge < -0.3 is 9.84 Å². The predicted octanol–water partition coefficient (Wildman–Crippen LogP) is 3.64. The molecule has 4 rings (SSSR count). The Bertz CT molecular complexity index is 628. The largest absolute Gasteiger partial charge is 0.389 e. The van der Waals surface area contributed by atoms with Crippen LogP contribution in [0, 0.1) is 16.7 Å². The second-order valence-corrected chi connectivity index (χ2v) is 9.34. The maximum atomic E-state index is 10.5. The number of fused-ring (bicyclic) bond motifs is 3. The minimum atomic E-state index is -0.392. The zero-order valence-electron chi connectivity index (χ0n) is 16.0. The second kappa shape index (κ2) is 6.37. The molecule has 4 atom stereocenters. The summed E-state index contributed by atoms with van der Waals surface area (Å²) in [6.45, 7) is 10.4. The molecule has 0 saturated heterocycles. The van der Waals surface area contributed by atoms with E-state index in [-0.39, 0.29) is 5.41 Å². The van der Waals surface area contributed by atoms with Gasteiger partial charge in [0.05, 0.1) is 18.8 Å². The van der Waals surface area contributed by atoms with Gasteiger partial charge >= 0.3 is 0 Å². The SMILES string of the molecule is CC1(C)[C@H]2CC[C@@]1(C)[C@@H](OC[C@H](O)CN1CCc3ccccc3C1)C2. The van der Waals surface area contributed by atoms with Gasteiger partial charge in [-0.3, -0.25) is 4.90 Å². The van der Waals surface area contributed by atoms with Crippen LogP contribution >= 0.6 is 0 Å². The molecule has 3 aliphatic rings. The van der Waals surface area contributed by atoms with Crippen LogP contribution in [0.4, 0.5) is 0 Å². The summed E-state index contributed by atoms with van der Waals surface area (Å²) in [5.74, 6) is 0.790. The molecule has 0 radical (unpaired) electrons. The van der Waals surface area contributed by atoms with Gasteiger partial charge in [-0.25, -0.2) is 0 Å². The van der Waals surface area contributed by atoms with Gasteiger partial charge in [0.2, 0.25) is 0 Å². The van der Waals surface area contributed by atoms with E-state index >= 15 is 0 Å². The van der Waals surface area contributed by atoms with E-state index in [2.05, 4.69) is 49.9 Å². The Kier molecular flexibility index (Phi) is 4.46. The molecule has 1 aromatic carbocycles. The van der Waals surface area contributed by atoms with Crippen molar-refractivity contribution in [3.05, 3.63) is 35.4 Å². The highest BCUT2D eigenvalue weighted by molar-refractivity contribution is 5.29. The van der Waals surface area contributed by atoms with Gasteiger partial charge in [0, 0.05) is 19.6 Å². The molecule has 3 heteroatoms. The molecule has 0 aromatic heterocycles. The Morgan fingerprint density at radius 3 is 2.68 bits per heavy atom. The van der Waals surface area contributed by atoms with E-state index in [1.165, 1.54) is 30.4 Å². The highest BCUT2D eigenvalue weighted by Crippen LogP contribution is 2.66. The summed E-state index contributed by atoms with van der Waals surface area (Å²) in [4.78, 5) is 2.36. The number of rotatable bonds is 5. The number of hydrogen-bond acceptors (Lipinski definition) is 3. The third-order valence-electron chi connectivity index (χ3n) is 7.88. The van der Waals surface area contributed by atoms with Gasteiger partial charge in [0.15, 0.2) is 0 Å². The second-order valence-electron chi connectivity index (χ2n) is 9.34. The van der Waals surface area contributed by atoms with Gasteiger partial charge in [0.1, 0.15) is 0 Å². The van der Waals surface area contributed by atoms with E-state index in [1.807, 2.05) is 0 Å². The molecule has 1 heterocycles. The predicted molar refractivity (Wildman–Crippen MR) is 100 cm³/mol. The smallest absolute Gasteiger partial charge is 0.0900 e. The van der Waals surface area contributed by atoms with E-state index in [1.54, 1.807) is 0 Å². The Morgan fingerprint density at radius 1 is 1.24 bits per heavy atom. The Labute approximate surface area is 152 Å². The average molecular weight is 344 g/mol. The molecule has 2 saturated carbocycles. The number of aliphatic hydroxyl groups is 1. The minimum Gasteiger partial charge on any atom is -0.389 e. The van der Waals surface area contributed by atoms with Crippen molar-refractivity contribution in [3.63, 3.8) is 0 Å². The summed E-state index contributed by atoms with van der Waals surface area (Å²) >= 11 is 0.